The van der Waals surface area contributed by atoms with Crippen molar-refractivity contribution in [3.8, 4) is 0 Å². The quantitative estimate of drug-likeness (QED) is 0.405. The van der Waals surface area contributed by atoms with Gasteiger partial charge in [0.25, 0.3) is 0 Å². The van der Waals surface area contributed by atoms with Crippen LogP contribution in [0.1, 0.15) is 26.2 Å². The third-order valence-corrected chi connectivity index (χ3v) is 2.54. The maximum Gasteiger partial charge on any atom is 0.407 e. The summed E-state index contributed by atoms with van der Waals surface area (Å²) in [5.41, 5.74) is 0. The molecule has 6 heteroatoms. The number of unbranched alkanes of at least 4 members (excludes halogenated alkanes) is 1. The second-order valence-electron chi connectivity index (χ2n) is 4.05. The van der Waals surface area contributed by atoms with E-state index in [0.29, 0.717) is 13.1 Å². The molecule has 0 aromatic heterocycles. The Morgan fingerprint density at radius 2 is 2.05 bits per heavy atom. The van der Waals surface area contributed by atoms with Crippen molar-refractivity contribution in [2.75, 3.05) is 26.7 Å². The summed E-state index contributed by atoms with van der Waals surface area (Å²) in [6.45, 7) is 6.73. The summed E-state index contributed by atoms with van der Waals surface area (Å²) in [6, 6.07) is -0.173. The van der Waals surface area contributed by atoms with Gasteiger partial charge in [0.1, 0.15) is 6.61 Å². The van der Waals surface area contributed by atoms with Crippen molar-refractivity contribution in [2.45, 2.75) is 32.2 Å². The molecule has 1 atom stereocenters. The zero-order valence-corrected chi connectivity index (χ0v) is 11.8. The van der Waals surface area contributed by atoms with Crippen molar-refractivity contribution in [3.63, 3.8) is 0 Å². The highest BCUT2D eigenvalue weighted by molar-refractivity contribution is 5.81. The minimum atomic E-state index is -0.436. The molecular formula is C13H25N3O3. The highest BCUT2D eigenvalue weighted by atomic mass is 16.5. The van der Waals surface area contributed by atoms with Gasteiger partial charge in [0.15, 0.2) is 0 Å². The molecule has 0 rings (SSSR count). The highest BCUT2D eigenvalue weighted by Gasteiger charge is 2.14. The zero-order chi connectivity index (χ0) is 14.5. The van der Waals surface area contributed by atoms with Crippen LogP contribution in [0.25, 0.3) is 0 Å². The minimum Gasteiger partial charge on any atom is -0.445 e. The molecule has 3 N–H and O–H groups in total. The van der Waals surface area contributed by atoms with Gasteiger partial charge in [-0.05, 0) is 33.2 Å². The number of likely N-dealkylation sites (N-methyl/N-ethyl adjacent to an activating group) is 2. The van der Waals surface area contributed by atoms with Gasteiger partial charge in [-0.3, -0.25) is 4.79 Å². The van der Waals surface area contributed by atoms with Gasteiger partial charge < -0.3 is 20.7 Å². The summed E-state index contributed by atoms with van der Waals surface area (Å²) >= 11 is 0. The minimum absolute atomic E-state index is 0.0170. The maximum absolute atomic E-state index is 11.6. The summed E-state index contributed by atoms with van der Waals surface area (Å²) in [6.07, 6.45) is 3.48. The van der Waals surface area contributed by atoms with Gasteiger partial charge in [-0.1, -0.05) is 12.7 Å². The Kier molecular flexibility index (Phi) is 10.6. The summed E-state index contributed by atoms with van der Waals surface area (Å²) in [5.74, 6) is 0.0170. The Balaban J connectivity index is 3.63. The molecule has 0 saturated carbocycles. The molecular weight excluding hydrogens is 246 g/mol. The van der Waals surface area contributed by atoms with E-state index in [1.807, 2.05) is 6.92 Å². The van der Waals surface area contributed by atoms with Crippen molar-refractivity contribution < 1.29 is 14.3 Å². The lowest BCUT2D eigenvalue weighted by Gasteiger charge is -2.15. The van der Waals surface area contributed by atoms with Gasteiger partial charge in [-0.15, -0.1) is 0 Å². The standard InChI is InChI=1S/C13H25N3O3/c1-4-10-19-13(18)16-9-7-6-8-11(14-3)12(17)15-5-2/h4,11,14H,1,5-10H2,2-3H3,(H,15,17)(H,16,18). The number of carbonyl (C=O) groups is 2. The smallest absolute Gasteiger partial charge is 0.407 e. The molecule has 0 aliphatic heterocycles. The first-order valence-corrected chi connectivity index (χ1v) is 6.62. The van der Waals surface area contributed by atoms with E-state index in [1.54, 1.807) is 7.05 Å². The van der Waals surface area contributed by atoms with E-state index in [4.69, 9.17) is 4.74 Å². The third kappa shape index (κ3) is 9.07. The van der Waals surface area contributed by atoms with Crippen LogP contribution < -0.4 is 16.0 Å². The second kappa shape index (κ2) is 11.5. The van der Waals surface area contributed by atoms with Crippen LogP contribution >= 0.6 is 0 Å². The summed E-state index contributed by atoms with van der Waals surface area (Å²) in [5, 5.41) is 8.39. The van der Waals surface area contributed by atoms with Crippen LogP contribution in [0, 0.1) is 0 Å². The van der Waals surface area contributed by atoms with Crippen LogP contribution in [0.3, 0.4) is 0 Å². The number of amides is 2. The molecule has 0 bridgehead atoms. The molecule has 0 spiro atoms. The van der Waals surface area contributed by atoms with Gasteiger partial charge in [0, 0.05) is 13.1 Å². The van der Waals surface area contributed by atoms with Crippen LogP contribution in [0.2, 0.25) is 0 Å². The average Bonchev–Trinajstić information content (AvgIpc) is 2.40. The lowest BCUT2D eigenvalue weighted by Crippen LogP contribution is -2.42. The van der Waals surface area contributed by atoms with E-state index in [-0.39, 0.29) is 18.6 Å². The Morgan fingerprint density at radius 1 is 1.32 bits per heavy atom. The Morgan fingerprint density at radius 3 is 2.63 bits per heavy atom. The Hall–Kier alpha value is -1.56. The molecule has 6 nitrogen and oxygen atoms in total. The maximum atomic E-state index is 11.6. The van der Waals surface area contributed by atoms with E-state index in [0.717, 1.165) is 19.3 Å². The van der Waals surface area contributed by atoms with Crippen LogP contribution in [0.15, 0.2) is 12.7 Å². The summed E-state index contributed by atoms with van der Waals surface area (Å²) in [4.78, 5) is 22.7. The molecule has 1 unspecified atom stereocenters. The molecule has 0 fully saturated rings. The van der Waals surface area contributed by atoms with Gasteiger partial charge in [-0.25, -0.2) is 4.79 Å². The molecule has 0 saturated heterocycles. The highest BCUT2D eigenvalue weighted by Crippen LogP contribution is 2.00. The van der Waals surface area contributed by atoms with E-state index in [9.17, 15) is 9.59 Å². The lowest BCUT2D eigenvalue weighted by molar-refractivity contribution is -0.123. The van der Waals surface area contributed by atoms with E-state index in [1.165, 1.54) is 6.08 Å². The van der Waals surface area contributed by atoms with E-state index < -0.39 is 6.09 Å². The Bertz CT molecular complexity index is 282. The van der Waals surface area contributed by atoms with E-state index in [2.05, 4.69) is 22.5 Å². The number of hydrogen-bond acceptors (Lipinski definition) is 4. The fourth-order valence-electron chi connectivity index (χ4n) is 1.55. The topological polar surface area (TPSA) is 79.5 Å². The molecule has 0 aromatic carbocycles. The van der Waals surface area contributed by atoms with Crippen molar-refractivity contribution >= 4 is 12.0 Å². The number of nitrogens with one attached hydrogen (secondary N) is 3. The molecule has 0 aromatic rings. The number of rotatable bonds is 10. The van der Waals surface area contributed by atoms with Crippen LogP contribution in [-0.2, 0) is 9.53 Å². The molecule has 0 radical (unpaired) electrons. The summed E-state index contributed by atoms with van der Waals surface area (Å²) in [7, 11) is 1.77. The first-order valence-electron chi connectivity index (χ1n) is 6.62. The van der Waals surface area contributed by atoms with Crippen molar-refractivity contribution in [1.29, 1.82) is 0 Å². The van der Waals surface area contributed by atoms with Crippen LogP contribution in [-0.4, -0.2) is 44.8 Å². The molecule has 2 amide bonds. The van der Waals surface area contributed by atoms with Gasteiger partial charge >= 0.3 is 6.09 Å². The third-order valence-electron chi connectivity index (χ3n) is 2.54. The number of hydrogen-bond donors (Lipinski definition) is 3. The SMILES string of the molecule is C=CCOC(=O)NCCCCC(NC)C(=O)NCC. The number of alkyl carbamates (subject to hydrolysis) is 1. The average molecular weight is 271 g/mol. The van der Waals surface area contributed by atoms with E-state index >= 15 is 0 Å². The normalized spacial score (nSPS) is 11.5. The Labute approximate surface area is 115 Å². The zero-order valence-electron chi connectivity index (χ0n) is 11.8. The first-order chi connectivity index (χ1) is 9.15. The van der Waals surface area contributed by atoms with Crippen LogP contribution in [0.4, 0.5) is 4.79 Å². The van der Waals surface area contributed by atoms with Crippen LogP contribution in [0.5, 0.6) is 0 Å². The predicted octanol–water partition coefficient (Wildman–Crippen LogP) is 0.793. The lowest BCUT2D eigenvalue weighted by atomic mass is 10.1. The predicted molar refractivity (Wildman–Crippen MR) is 74.9 cm³/mol. The van der Waals surface area contributed by atoms with Crippen molar-refractivity contribution in [3.05, 3.63) is 12.7 Å². The van der Waals surface area contributed by atoms with Crippen molar-refractivity contribution in [2.24, 2.45) is 0 Å². The summed E-state index contributed by atoms with van der Waals surface area (Å²) < 4.78 is 4.77. The van der Waals surface area contributed by atoms with Gasteiger partial charge in [0.05, 0.1) is 6.04 Å². The monoisotopic (exact) mass is 271 g/mol. The molecule has 0 aliphatic carbocycles. The molecule has 0 aliphatic rings. The molecule has 19 heavy (non-hydrogen) atoms. The largest absolute Gasteiger partial charge is 0.445 e. The number of carbonyl (C=O) groups excluding carboxylic acids is 2. The molecule has 110 valence electrons. The van der Waals surface area contributed by atoms with Gasteiger partial charge in [-0.2, -0.15) is 0 Å². The van der Waals surface area contributed by atoms with Gasteiger partial charge in [0.2, 0.25) is 5.91 Å². The fraction of sp³-hybridized carbons (Fsp3) is 0.692. The first kappa shape index (κ1) is 17.4. The van der Waals surface area contributed by atoms with Crippen molar-refractivity contribution in [1.82, 2.24) is 16.0 Å². The molecule has 0 heterocycles. The number of ether oxygens (including phenoxy) is 1. The fourth-order valence-corrected chi connectivity index (χ4v) is 1.55. The second-order valence-corrected chi connectivity index (χ2v) is 4.05.